The first-order chi connectivity index (χ1) is 14.8. The second kappa shape index (κ2) is 9.37. The predicted octanol–water partition coefficient (Wildman–Crippen LogP) is 3.53. The summed E-state index contributed by atoms with van der Waals surface area (Å²) in [5, 5.41) is 15.6. The molecular weight excluding hydrogens is 378 g/mol. The van der Waals surface area contributed by atoms with Crippen LogP contribution in [0.25, 0.3) is 16.8 Å². The molecule has 30 heavy (non-hydrogen) atoms. The lowest BCUT2D eigenvalue weighted by Gasteiger charge is -2.10. The van der Waals surface area contributed by atoms with Gasteiger partial charge in [0.1, 0.15) is 0 Å². The van der Waals surface area contributed by atoms with Gasteiger partial charge >= 0.3 is 0 Å². The number of hydrogen-bond acceptors (Lipinski definition) is 6. The maximum Gasteiger partial charge on any atom is 0.183 e. The standard InChI is InChI=1S/C23H25N5O2/c1-29-21-11-10-17(13-22(21)30-2)7-6-12-24-15-19-14-20(18-8-4-3-5-9-18)16-28-23(19)25-26-27-28/h3-5,8-11,13-14,16,24H,6-7,12,15H2,1-2H3. The molecule has 0 saturated heterocycles. The molecule has 0 fully saturated rings. The third-order valence-electron chi connectivity index (χ3n) is 5.06. The highest BCUT2D eigenvalue weighted by atomic mass is 16.5. The number of ether oxygens (including phenoxy) is 2. The number of aryl methyl sites for hydroxylation is 1. The first-order valence-electron chi connectivity index (χ1n) is 9.96. The molecule has 4 aromatic rings. The lowest BCUT2D eigenvalue weighted by Crippen LogP contribution is -2.16. The summed E-state index contributed by atoms with van der Waals surface area (Å²) in [6.07, 6.45) is 3.93. The molecule has 2 heterocycles. The van der Waals surface area contributed by atoms with Crippen LogP contribution in [-0.2, 0) is 13.0 Å². The van der Waals surface area contributed by atoms with Crippen LogP contribution in [0.5, 0.6) is 11.5 Å². The largest absolute Gasteiger partial charge is 0.493 e. The molecule has 2 aromatic carbocycles. The highest BCUT2D eigenvalue weighted by Crippen LogP contribution is 2.28. The highest BCUT2D eigenvalue weighted by molar-refractivity contribution is 5.66. The minimum absolute atomic E-state index is 0.705. The van der Waals surface area contributed by atoms with Crippen LogP contribution in [0.3, 0.4) is 0 Å². The van der Waals surface area contributed by atoms with Gasteiger partial charge in [-0.2, -0.15) is 4.52 Å². The molecule has 7 heteroatoms. The van der Waals surface area contributed by atoms with Gasteiger partial charge in [0.25, 0.3) is 0 Å². The molecule has 7 nitrogen and oxygen atoms in total. The lowest BCUT2D eigenvalue weighted by atomic mass is 10.1. The smallest absolute Gasteiger partial charge is 0.183 e. The van der Waals surface area contributed by atoms with Crippen LogP contribution in [0.1, 0.15) is 17.5 Å². The Kier molecular flexibility index (Phi) is 6.20. The van der Waals surface area contributed by atoms with Gasteiger partial charge in [-0.3, -0.25) is 0 Å². The third-order valence-corrected chi connectivity index (χ3v) is 5.06. The van der Waals surface area contributed by atoms with Crippen molar-refractivity contribution in [1.82, 2.24) is 25.4 Å². The summed E-state index contributed by atoms with van der Waals surface area (Å²) < 4.78 is 12.4. The maximum atomic E-state index is 5.38. The highest BCUT2D eigenvalue weighted by Gasteiger charge is 2.09. The van der Waals surface area contributed by atoms with Crippen molar-refractivity contribution in [3.8, 4) is 22.6 Å². The Morgan fingerprint density at radius 3 is 2.57 bits per heavy atom. The Morgan fingerprint density at radius 1 is 0.933 bits per heavy atom. The monoisotopic (exact) mass is 403 g/mol. The molecule has 0 aliphatic rings. The van der Waals surface area contributed by atoms with Gasteiger partial charge in [-0.05, 0) is 59.1 Å². The lowest BCUT2D eigenvalue weighted by molar-refractivity contribution is 0.354. The molecular formula is C23H25N5O2. The van der Waals surface area contributed by atoms with Crippen molar-refractivity contribution in [1.29, 1.82) is 0 Å². The molecule has 0 unspecified atom stereocenters. The van der Waals surface area contributed by atoms with Crippen LogP contribution in [0.4, 0.5) is 0 Å². The van der Waals surface area contributed by atoms with E-state index in [1.807, 2.05) is 36.5 Å². The number of fused-ring (bicyclic) bond motifs is 1. The fourth-order valence-electron chi connectivity index (χ4n) is 3.51. The fourth-order valence-corrected chi connectivity index (χ4v) is 3.51. The Bertz CT molecular complexity index is 1110. The van der Waals surface area contributed by atoms with Crippen LogP contribution < -0.4 is 14.8 Å². The number of pyridine rings is 1. The predicted molar refractivity (Wildman–Crippen MR) is 116 cm³/mol. The molecule has 0 aliphatic carbocycles. The first kappa shape index (κ1) is 19.8. The molecule has 0 atom stereocenters. The van der Waals surface area contributed by atoms with Gasteiger partial charge in [0.05, 0.1) is 14.2 Å². The number of tetrazole rings is 1. The Hall–Kier alpha value is -3.45. The van der Waals surface area contributed by atoms with Crippen molar-refractivity contribution in [3.63, 3.8) is 0 Å². The van der Waals surface area contributed by atoms with E-state index in [1.54, 1.807) is 18.7 Å². The molecule has 0 amide bonds. The van der Waals surface area contributed by atoms with E-state index in [0.717, 1.165) is 53.2 Å². The van der Waals surface area contributed by atoms with Gasteiger partial charge in [0.2, 0.25) is 0 Å². The summed E-state index contributed by atoms with van der Waals surface area (Å²) in [7, 11) is 3.31. The maximum absolute atomic E-state index is 5.38. The van der Waals surface area contributed by atoms with Gasteiger partial charge in [-0.15, -0.1) is 5.10 Å². The first-order valence-corrected chi connectivity index (χ1v) is 9.96. The summed E-state index contributed by atoms with van der Waals surface area (Å²) in [5.41, 5.74) is 5.32. The molecule has 0 saturated carbocycles. The van der Waals surface area contributed by atoms with Gasteiger partial charge in [0.15, 0.2) is 17.1 Å². The number of benzene rings is 2. The summed E-state index contributed by atoms with van der Waals surface area (Å²) in [6, 6.07) is 18.5. The van der Waals surface area contributed by atoms with Crippen LogP contribution in [-0.4, -0.2) is 40.8 Å². The second-order valence-electron chi connectivity index (χ2n) is 7.04. The van der Waals surface area contributed by atoms with Crippen LogP contribution in [0, 0.1) is 0 Å². The van der Waals surface area contributed by atoms with Crippen molar-refractivity contribution in [2.75, 3.05) is 20.8 Å². The van der Waals surface area contributed by atoms with E-state index >= 15 is 0 Å². The van der Waals surface area contributed by atoms with E-state index < -0.39 is 0 Å². The van der Waals surface area contributed by atoms with Crippen LogP contribution in [0.2, 0.25) is 0 Å². The van der Waals surface area contributed by atoms with E-state index in [2.05, 4.69) is 45.1 Å². The molecule has 0 radical (unpaired) electrons. The number of aromatic nitrogens is 4. The Morgan fingerprint density at radius 2 is 1.77 bits per heavy atom. The Balaban J connectivity index is 1.38. The van der Waals surface area contributed by atoms with Gasteiger partial charge < -0.3 is 14.8 Å². The second-order valence-corrected chi connectivity index (χ2v) is 7.04. The zero-order valence-corrected chi connectivity index (χ0v) is 17.2. The number of methoxy groups -OCH3 is 2. The molecule has 1 N–H and O–H groups in total. The average Bonchev–Trinajstić information content (AvgIpc) is 3.28. The van der Waals surface area contributed by atoms with Gasteiger partial charge in [0, 0.05) is 23.9 Å². The average molecular weight is 403 g/mol. The van der Waals surface area contributed by atoms with E-state index in [0.29, 0.717) is 6.54 Å². The van der Waals surface area contributed by atoms with Crippen molar-refractivity contribution >= 4 is 5.65 Å². The van der Waals surface area contributed by atoms with Crippen LogP contribution in [0.15, 0.2) is 60.8 Å². The van der Waals surface area contributed by atoms with Crippen molar-refractivity contribution in [3.05, 3.63) is 71.9 Å². The van der Waals surface area contributed by atoms with Gasteiger partial charge in [-0.25, -0.2) is 0 Å². The number of rotatable bonds is 9. The normalized spacial score (nSPS) is 11.0. The molecule has 0 spiro atoms. The summed E-state index contributed by atoms with van der Waals surface area (Å²) in [6.45, 7) is 1.59. The molecule has 4 rings (SSSR count). The van der Waals surface area contributed by atoms with Gasteiger partial charge in [-0.1, -0.05) is 36.4 Å². The van der Waals surface area contributed by atoms with E-state index in [9.17, 15) is 0 Å². The quantitative estimate of drug-likeness (QED) is 0.431. The molecule has 2 aromatic heterocycles. The minimum Gasteiger partial charge on any atom is -0.493 e. The molecule has 0 aliphatic heterocycles. The number of nitrogens with one attached hydrogen (secondary N) is 1. The zero-order valence-electron chi connectivity index (χ0n) is 17.2. The van der Waals surface area contributed by atoms with Crippen molar-refractivity contribution < 1.29 is 9.47 Å². The SMILES string of the molecule is COc1ccc(CCCNCc2cc(-c3ccccc3)cn3nnnc23)cc1OC. The van der Waals surface area contributed by atoms with Crippen molar-refractivity contribution in [2.24, 2.45) is 0 Å². The number of hydrogen-bond donors (Lipinski definition) is 1. The van der Waals surface area contributed by atoms with E-state index in [4.69, 9.17) is 9.47 Å². The topological polar surface area (TPSA) is 73.6 Å². The summed E-state index contributed by atoms with van der Waals surface area (Å²) in [4.78, 5) is 0. The van der Waals surface area contributed by atoms with Crippen LogP contribution >= 0.6 is 0 Å². The fraction of sp³-hybridized carbons (Fsp3) is 0.261. The Labute approximate surface area is 175 Å². The summed E-state index contributed by atoms with van der Waals surface area (Å²) >= 11 is 0. The molecule has 154 valence electrons. The molecule has 0 bridgehead atoms. The third kappa shape index (κ3) is 4.41. The minimum atomic E-state index is 0.705. The summed E-state index contributed by atoms with van der Waals surface area (Å²) in [5.74, 6) is 1.52. The number of nitrogens with zero attached hydrogens (tertiary/aromatic N) is 4. The zero-order chi connectivity index (χ0) is 20.8. The van der Waals surface area contributed by atoms with E-state index in [-0.39, 0.29) is 0 Å². The van der Waals surface area contributed by atoms with Crippen molar-refractivity contribution in [2.45, 2.75) is 19.4 Å². The van der Waals surface area contributed by atoms with E-state index in [1.165, 1.54) is 5.56 Å².